The van der Waals surface area contributed by atoms with Gasteiger partial charge in [0.05, 0.1) is 11.4 Å². The molecule has 0 spiro atoms. The topological polar surface area (TPSA) is 25.8 Å². The van der Waals surface area contributed by atoms with Crippen LogP contribution in [0.5, 0.6) is 0 Å². The molecule has 0 radical (unpaired) electrons. The lowest BCUT2D eigenvalue weighted by atomic mass is 9.80. The number of rotatable bonds is 4. The maximum absolute atomic E-state index is 5.39. The van der Waals surface area contributed by atoms with Gasteiger partial charge in [0, 0.05) is 27.7 Å². The highest BCUT2D eigenvalue weighted by Gasteiger charge is 2.40. The average Bonchev–Trinajstić information content (AvgIpc) is 3.42. The molecule has 0 fully saturated rings. The highest BCUT2D eigenvalue weighted by Crippen LogP contribution is 2.52. The summed E-state index contributed by atoms with van der Waals surface area (Å²) in [5.41, 5.74) is 12.4. The number of aromatic nitrogens is 2. The van der Waals surface area contributed by atoms with Crippen molar-refractivity contribution in [2.45, 2.75) is 19.3 Å². The Hall–Kier alpha value is -6.38. The van der Waals surface area contributed by atoms with Gasteiger partial charge in [0.1, 0.15) is 0 Å². The Bertz CT molecular complexity index is 2770. The number of hydrogen-bond donors (Lipinski definition) is 0. The second kappa shape index (κ2) is 11.3. The smallest absolute Gasteiger partial charge is 0.160 e. The zero-order valence-electron chi connectivity index (χ0n) is 28.6. The third-order valence-corrected chi connectivity index (χ3v) is 10.8. The molecule has 2 nitrogen and oxygen atoms in total. The summed E-state index contributed by atoms with van der Waals surface area (Å²) in [5.74, 6) is 0.748. The van der Waals surface area contributed by atoms with Crippen molar-refractivity contribution in [3.63, 3.8) is 0 Å². The quantitative estimate of drug-likeness (QED) is 0.177. The maximum Gasteiger partial charge on any atom is 0.160 e. The van der Waals surface area contributed by atoms with Gasteiger partial charge in [0.25, 0.3) is 0 Å². The van der Waals surface area contributed by atoms with E-state index in [1.54, 1.807) is 0 Å². The molecule has 9 aromatic rings. The van der Waals surface area contributed by atoms with Gasteiger partial charge in [0.2, 0.25) is 0 Å². The molecule has 0 bridgehead atoms. The van der Waals surface area contributed by atoms with Gasteiger partial charge in [-0.05, 0) is 72.3 Å². The van der Waals surface area contributed by atoms with Gasteiger partial charge in [-0.15, -0.1) is 0 Å². The normalized spacial score (nSPS) is 13.1. The summed E-state index contributed by atoms with van der Waals surface area (Å²) in [5, 5.41) is 7.47. The van der Waals surface area contributed by atoms with E-state index in [9.17, 15) is 0 Å². The SMILES string of the molecule is CC1(C)c2ccccc2-c2nc(-c3ccccc3)nc(-c3cccc(-c4c5ccccc5c(-c5ccc6ccccc6c5)c5ccccc45)c3)c21. The van der Waals surface area contributed by atoms with Crippen LogP contribution in [-0.2, 0) is 5.41 Å². The van der Waals surface area contributed by atoms with Crippen LogP contribution >= 0.6 is 0 Å². The van der Waals surface area contributed by atoms with Gasteiger partial charge in [0.15, 0.2) is 5.82 Å². The second-order valence-corrected chi connectivity index (χ2v) is 14.1. The van der Waals surface area contributed by atoms with Gasteiger partial charge >= 0.3 is 0 Å². The summed E-state index contributed by atoms with van der Waals surface area (Å²) >= 11 is 0. The highest BCUT2D eigenvalue weighted by molar-refractivity contribution is 6.21. The van der Waals surface area contributed by atoms with Crippen molar-refractivity contribution < 1.29 is 0 Å². The number of benzene rings is 8. The zero-order chi connectivity index (χ0) is 34.1. The minimum atomic E-state index is -0.257. The Balaban J connectivity index is 1.23. The molecule has 2 heteroatoms. The minimum Gasteiger partial charge on any atom is -0.228 e. The van der Waals surface area contributed by atoms with Crippen molar-refractivity contribution in [3.8, 4) is 56.2 Å². The lowest BCUT2D eigenvalue weighted by Gasteiger charge is -2.24. The van der Waals surface area contributed by atoms with E-state index < -0.39 is 0 Å². The van der Waals surface area contributed by atoms with E-state index >= 15 is 0 Å². The van der Waals surface area contributed by atoms with Crippen LogP contribution in [0.2, 0.25) is 0 Å². The van der Waals surface area contributed by atoms with E-state index in [-0.39, 0.29) is 5.41 Å². The Morgan fingerprint density at radius 3 is 1.63 bits per heavy atom. The van der Waals surface area contributed by atoms with E-state index in [0.717, 1.165) is 28.3 Å². The molecule has 1 aliphatic rings. The molecule has 51 heavy (non-hydrogen) atoms. The molecule has 0 aliphatic heterocycles. The third kappa shape index (κ3) is 4.57. The van der Waals surface area contributed by atoms with Crippen LogP contribution in [0.3, 0.4) is 0 Å². The predicted octanol–water partition coefficient (Wildman–Crippen LogP) is 12.9. The van der Waals surface area contributed by atoms with Crippen LogP contribution in [0.4, 0.5) is 0 Å². The number of hydrogen-bond acceptors (Lipinski definition) is 2. The van der Waals surface area contributed by atoms with Gasteiger partial charge < -0.3 is 0 Å². The van der Waals surface area contributed by atoms with Crippen LogP contribution in [0.25, 0.3) is 88.5 Å². The first kappa shape index (κ1) is 29.5. The molecule has 0 unspecified atom stereocenters. The fourth-order valence-electron chi connectivity index (χ4n) is 8.46. The van der Waals surface area contributed by atoms with E-state index in [1.807, 2.05) is 6.07 Å². The van der Waals surface area contributed by atoms with Gasteiger partial charge in [-0.1, -0.05) is 172 Å². The molecule has 0 atom stereocenters. The molecule has 0 N–H and O–H groups in total. The van der Waals surface area contributed by atoms with E-state index in [4.69, 9.17) is 9.97 Å². The van der Waals surface area contributed by atoms with Gasteiger partial charge in [-0.25, -0.2) is 9.97 Å². The minimum absolute atomic E-state index is 0.257. The standard InChI is InChI=1S/C49H34N2/c1-49(2)42-26-13-12-25-41(42)47-45(49)46(50-48(51-47)32-16-4-3-5-17-32)36-20-14-19-34(30-36)43-37-21-8-10-23-39(37)44(40-24-11-9-22-38(40)43)35-28-27-31-15-6-7-18-33(31)29-35/h3-30H,1-2H3. The molecule has 0 saturated heterocycles. The Kier molecular flexibility index (Phi) is 6.56. The third-order valence-electron chi connectivity index (χ3n) is 10.8. The molecule has 1 aliphatic carbocycles. The number of nitrogens with zero attached hydrogens (tertiary/aromatic N) is 2. The molecule has 0 amide bonds. The van der Waals surface area contributed by atoms with Crippen LogP contribution < -0.4 is 0 Å². The van der Waals surface area contributed by atoms with Crippen molar-refractivity contribution in [3.05, 3.63) is 181 Å². The monoisotopic (exact) mass is 650 g/mol. The van der Waals surface area contributed by atoms with Crippen LogP contribution in [-0.4, -0.2) is 9.97 Å². The Labute approximate surface area is 297 Å². The summed E-state index contributed by atoms with van der Waals surface area (Å²) in [4.78, 5) is 10.6. The van der Waals surface area contributed by atoms with Crippen LogP contribution in [0.1, 0.15) is 25.0 Å². The Morgan fingerprint density at radius 1 is 0.392 bits per heavy atom. The van der Waals surface area contributed by atoms with E-state index in [1.165, 1.54) is 71.3 Å². The van der Waals surface area contributed by atoms with E-state index in [2.05, 4.69) is 178 Å². The van der Waals surface area contributed by atoms with Crippen LogP contribution in [0.15, 0.2) is 170 Å². The zero-order valence-corrected chi connectivity index (χ0v) is 28.6. The predicted molar refractivity (Wildman–Crippen MR) is 214 cm³/mol. The lowest BCUT2D eigenvalue weighted by Crippen LogP contribution is -2.17. The molecule has 0 saturated carbocycles. The van der Waals surface area contributed by atoms with Crippen molar-refractivity contribution >= 4 is 32.3 Å². The average molecular weight is 651 g/mol. The first-order valence-corrected chi connectivity index (χ1v) is 17.7. The summed E-state index contributed by atoms with van der Waals surface area (Å²) in [7, 11) is 0. The summed E-state index contributed by atoms with van der Waals surface area (Å²) in [6, 6.07) is 61.3. The molecule has 8 aromatic carbocycles. The Morgan fingerprint density at radius 2 is 0.922 bits per heavy atom. The van der Waals surface area contributed by atoms with Gasteiger partial charge in [-0.3, -0.25) is 0 Å². The summed E-state index contributed by atoms with van der Waals surface area (Å²) < 4.78 is 0. The molecule has 1 aromatic heterocycles. The summed E-state index contributed by atoms with van der Waals surface area (Å²) in [6.07, 6.45) is 0. The van der Waals surface area contributed by atoms with E-state index in [0.29, 0.717) is 0 Å². The first-order valence-electron chi connectivity index (χ1n) is 17.7. The largest absolute Gasteiger partial charge is 0.228 e. The molecular weight excluding hydrogens is 617 g/mol. The summed E-state index contributed by atoms with van der Waals surface area (Å²) in [6.45, 7) is 4.62. The second-order valence-electron chi connectivity index (χ2n) is 14.1. The molecule has 10 rings (SSSR count). The maximum atomic E-state index is 5.39. The molecule has 1 heterocycles. The molecule has 240 valence electrons. The molecular formula is C49H34N2. The fraction of sp³-hybridized carbons (Fsp3) is 0.0612. The van der Waals surface area contributed by atoms with Gasteiger partial charge in [-0.2, -0.15) is 0 Å². The first-order chi connectivity index (χ1) is 25.1. The van der Waals surface area contributed by atoms with Crippen molar-refractivity contribution in [2.75, 3.05) is 0 Å². The number of fused-ring (bicyclic) bond motifs is 6. The van der Waals surface area contributed by atoms with Crippen molar-refractivity contribution in [1.29, 1.82) is 0 Å². The van der Waals surface area contributed by atoms with Crippen molar-refractivity contribution in [2.24, 2.45) is 0 Å². The van der Waals surface area contributed by atoms with Crippen LogP contribution in [0, 0.1) is 0 Å². The lowest BCUT2D eigenvalue weighted by molar-refractivity contribution is 0.658. The highest BCUT2D eigenvalue weighted by atomic mass is 14.9. The van der Waals surface area contributed by atoms with Crippen molar-refractivity contribution in [1.82, 2.24) is 9.97 Å². The fourth-order valence-corrected chi connectivity index (χ4v) is 8.46.